The number of carbonyl (C=O) groups is 1. The fourth-order valence-electron chi connectivity index (χ4n) is 2.56. The average molecular weight is 260 g/mol. The predicted molar refractivity (Wildman–Crippen MR) is 71.7 cm³/mol. The molecule has 1 saturated carbocycles. The van der Waals surface area contributed by atoms with Gasteiger partial charge in [-0.25, -0.2) is 9.97 Å². The van der Waals surface area contributed by atoms with E-state index in [9.17, 15) is 4.79 Å². The number of nitrogens with zero attached hydrogens (tertiary/aromatic N) is 3. The van der Waals surface area contributed by atoms with E-state index in [1.165, 1.54) is 0 Å². The van der Waals surface area contributed by atoms with Crippen LogP contribution < -0.4 is 5.73 Å². The number of nitrogens with two attached hydrogens (primary N) is 1. The number of aromatic nitrogens is 2. The molecule has 1 aliphatic heterocycles. The lowest BCUT2D eigenvalue weighted by Gasteiger charge is -2.22. The minimum Gasteiger partial charge on any atom is -0.337 e. The molecular formula is C14H20N4O. The molecule has 2 N–H and O–H groups in total. The highest BCUT2D eigenvalue weighted by Gasteiger charge is 2.36. The van der Waals surface area contributed by atoms with Gasteiger partial charge in [0.25, 0.3) is 5.91 Å². The van der Waals surface area contributed by atoms with Crippen LogP contribution in [0.1, 0.15) is 48.4 Å². The van der Waals surface area contributed by atoms with E-state index in [1.54, 1.807) is 12.3 Å². The van der Waals surface area contributed by atoms with E-state index in [1.807, 2.05) is 4.90 Å². The Kier molecular flexibility index (Phi) is 3.01. The molecule has 1 aliphatic carbocycles. The lowest BCUT2D eigenvalue weighted by molar-refractivity contribution is 0.0770. The molecule has 1 aromatic heterocycles. The van der Waals surface area contributed by atoms with Crippen molar-refractivity contribution in [2.24, 2.45) is 11.1 Å². The van der Waals surface area contributed by atoms with Gasteiger partial charge < -0.3 is 10.6 Å². The number of likely N-dealkylation sites (tertiary alicyclic amines) is 1. The molecule has 102 valence electrons. The van der Waals surface area contributed by atoms with Gasteiger partial charge in [-0.3, -0.25) is 4.79 Å². The Morgan fingerprint density at radius 3 is 3.00 bits per heavy atom. The highest BCUT2D eigenvalue weighted by molar-refractivity contribution is 5.92. The zero-order valence-electron chi connectivity index (χ0n) is 11.3. The van der Waals surface area contributed by atoms with Crippen LogP contribution in [0.4, 0.5) is 0 Å². The fraction of sp³-hybridized carbons (Fsp3) is 0.643. The van der Waals surface area contributed by atoms with Crippen LogP contribution in [0.3, 0.4) is 0 Å². The monoisotopic (exact) mass is 260 g/mol. The van der Waals surface area contributed by atoms with Crippen LogP contribution in [-0.4, -0.2) is 40.4 Å². The molecule has 0 unspecified atom stereocenters. The van der Waals surface area contributed by atoms with Gasteiger partial charge in [0, 0.05) is 25.2 Å². The molecule has 1 saturated heterocycles. The normalized spacial score (nSPS) is 26.7. The smallest absolute Gasteiger partial charge is 0.272 e. The Bertz CT molecular complexity index is 500. The maximum Gasteiger partial charge on any atom is 0.272 e. The molecule has 1 amide bonds. The number of amides is 1. The van der Waals surface area contributed by atoms with Gasteiger partial charge in [-0.05, 0) is 37.3 Å². The molecule has 1 atom stereocenters. The van der Waals surface area contributed by atoms with Gasteiger partial charge in [-0.2, -0.15) is 0 Å². The SMILES string of the molecule is C[C@]1(CN)CCN(C(=O)c2ccnc(C3CC3)n2)C1. The van der Waals surface area contributed by atoms with E-state index in [-0.39, 0.29) is 11.3 Å². The van der Waals surface area contributed by atoms with Gasteiger partial charge in [0.2, 0.25) is 0 Å². The fourth-order valence-corrected chi connectivity index (χ4v) is 2.56. The van der Waals surface area contributed by atoms with Crippen molar-refractivity contribution in [1.29, 1.82) is 0 Å². The quantitative estimate of drug-likeness (QED) is 0.885. The summed E-state index contributed by atoms with van der Waals surface area (Å²) in [5.41, 5.74) is 6.36. The van der Waals surface area contributed by atoms with Gasteiger partial charge in [0.05, 0.1) is 0 Å². The molecule has 3 rings (SSSR count). The summed E-state index contributed by atoms with van der Waals surface area (Å²) < 4.78 is 0. The molecular weight excluding hydrogens is 240 g/mol. The molecule has 0 spiro atoms. The van der Waals surface area contributed by atoms with E-state index >= 15 is 0 Å². The zero-order valence-corrected chi connectivity index (χ0v) is 11.3. The van der Waals surface area contributed by atoms with Crippen molar-refractivity contribution in [3.63, 3.8) is 0 Å². The third-order valence-electron chi connectivity index (χ3n) is 4.17. The first-order chi connectivity index (χ1) is 9.11. The molecule has 0 radical (unpaired) electrons. The van der Waals surface area contributed by atoms with Crippen molar-refractivity contribution in [2.75, 3.05) is 19.6 Å². The standard InChI is InChI=1S/C14H20N4O/c1-14(8-15)5-7-18(9-14)13(19)11-4-6-16-12(17-11)10-2-3-10/h4,6,10H,2-3,5,7-9,15H2,1H3/t14-/m1/s1. The van der Waals surface area contributed by atoms with Crippen molar-refractivity contribution in [1.82, 2.24) is 14.9 Å². The Morgan fingerprint density at radius 1 is 1.58 bits per heavy atom. The first-order valence-electron chi connectivity index (χ1n) is 6.94. The minimum absolute atomic E-state index is 0.0153. The molecule has 0 bridgehead atoms. The van der Waals surface area contributed by atoms with Crippen LogP contribution in [0.5, 0.6) is 0 Å². The highest BCUT2D eigenvalue weighted by atomic mass is 16.2. The first-order valence-corrected chi connectivity index (χ1v) is 6.94. The van der Waals surface area contributed by atoms with Crippen molar-refractivity contribution >= 4 is 5.91 Å². The Morgan fingerprint density at radius 2 is 2.37 bits per heavy atom. The highest BCUT2D eigenvalue weighted by Crippen LogP contribution is 2.38. The van der Waals surface area contributed by atoms with Crippen LogP contribution in [0.25, 0.3) is 0 Å². The van der Waals surface area contributed by atoms with Gasteiger partial charge in [-0.1, -0.05) is 6.92 Å². The second kappa shape index (κ2) is 4.56. The van der Waals surface area contributed by atoms with Crippen molar-refractivity contribution in [3.05, 3.63) is 23.8 Å². The van der Waals surface area contributed by atoms with Gasteiger partial charge in [0.1, 0.15) is 11.5 Å². The number of rotatable bonds is 3. The molecule has 1 aromatic rings. The lowest BCUT2D eigenvalue weighted by Crippen LogP contribution is -2.35. The van der Waals surface area contributed by atoms with E-state index in [4.69, 9.17) is 5.73 Å². The molecule has 19 heavy (non-hydrogen) atoms. The summed E-state index contributed by atoms with van der Waals surface area (Å²) in [5, 5.41) is 0. The van der Waals surface area contributed by atoms with Crippen molar-refractivity contribution in [2.45, 2.75) is 32.1 Å². The third-order valence-corrected chi connectivity index (χ3v) is 4.17. The summed E-state index contributed by atoms with van der Waals surface area (Å²) in [7, 11) is 0. The Balaban J connectivity index is 1.75. The molecule has 2 fully saturated rings. The molecule has 2 heterocycles. The van der Waals surface area contributed by atoms with Gasteiger partial charge in [-0.15, -0.1) is 0 Å². The second-order valence-corrected chi connectivity index (χ2v) is 6.07. The van der Waals surface area contributed by atoms with Crippen LogP contribution >= 0.6 is 0 Å². The lowest BCUT2D eigenvalue weighted by atomic mass is 9.90. The van der Waals surface area contributed by atoms with Crippen LogP contribution in [0.15, 0.2) is 12.3 Å². The minimum atomic E-state index is 0.0153. The first kappa shape index (κ1) is 12.5. The van der Waals surface area contributed by atoms with Crippen LogP contribution in [0.2, 0.25) is 0 Å². The third kappa shape index (κ3) is 2.47. The van der Waals surface area contributed by atoms with Gasteiger partial charge >= 0.3 is 0 Å². The summed E-state index contributed by atoms with van der Waals surface area (Å²) >= 11 is 0. The average Bonchev–Trinajstić information content (AvgIpc) is 3.22. The van der Waals surface area contributed by atoms with E-state index < -0.39 is 0 Å². The van der Waals surface area contributed by atoms with Crippen molar-refractivity contribution < 1.29 is 4.79 Å². The topological polar surface area (TPSA) is 72.1 Å². The molecule has 0 aromatic carbocycles. The van der Waals surface area contributed by atoms with E-state index in [0.717, 1.165) is 38.2 Å². The van der Waals surface area contributed by atoms with E-state index in [2.05, 4.69) is 16.9 Å². The predicted octanol–water partition coefficient (Wildman–Crippen LogP) is 1.16. The molecule has 2 aliphatic rings. The number of carbonyl (C=O) groups excluding carboxylic acids is 1. The zero-order chi connectivity index (χ0) is 13.5. The largest absolute Gasteiger partial charge is 0.337 e. The maximum atomic E-state index is 12.4. The van der Waals surface area contributed by atoms with Crippen molar-refractivity contribution in [3.8, 4) is 0 Å². The summed E-state index contributed by atoms with van der Waals surface area (Å²) in [5.74, 6) is 1.31. The van der Waals surface area contributed by atoms with Gasteiger partial charge in [0.15, 0.2) is 0 Å². The van der Waals surface area contributed by atoms with Crippen LogP contribution in [0, 0.1) is 5.41 Å². The summed E-state index contributed by atoms with van der Waals surface area (Å²) in [6.07, 6.45) is 4.96. The second-order valence-electron chi connectivity index (χ2n) is 6.07. The summed E-state index contributed by atoms with van der Waals surface area (Å²) in [4.78, 5) is 23.0. The summed E-state index contributed by atoms with van der Waals surface area (Å²) in [6, 6.07) is 1.71. The van der Waals surface area contributed by atoms with Crippen LogP contribution in [-0.2, 0) is 0 Å². The maximum absolute atomic E-state index is 12.4. The molecule has 5 heteroatoms. The Labute approximate surface area is 113 Å². The summed E-state index contributed by atoms with van der Waals surface area (Å²) in [6.45, 7) is 4.25. The number of hydrogen-bond donors (Lipinski definition) is 1. The van der Waals surface area contributed by atoms with E-state index in [0.29, 0.717) is 18.2 Å². The Hall–Kier alpha value is -1.49. The molecule has 5 nitrogen and oxygen atoms in total. The number of hydrogen-bond acceptors (Lipinski definition) is 4.